The summed E-state index contributed by atoms with van der Waals surface area (Å²) in [5.41, 5.74) is 2.43. The van der Waals surface area contributed by atoms with Crippen molar-refractivity contribution in [3.8, 4) is 0 Å². The standard InChI is InChI=1S/C44H24N2O8S2/c47-37-25-15-7-8-16-26(25)38(48)29(37)19-31-45-35-33(43(51)53-21-23-11-3-1-4-12-23)41-36(34(42(35)56-31)44(52)54-22-24-13-5-2-6-14-24)46-32(55-41)20-30-39(49)27-17-9-10-18-28(27)40(30)50/h1-20H,21-22H2. The Morgan fingerprint density at radius 3 is 1.14 bits per heavy atom. The number of Topliss-reactive ketones (excluding diaryl/α,β-unsaturated/α-hetero) is 4. The monoisotopic (exact) mass is 772 g/mol. The van der Waals surface area contributed by atoms with Crippen molar-refractivity contribution in [3.05, 3.63) is 175 Å². The zero-order valence-corrected chi connectivity index (χ0v) is 30.6. The molecule has 0 amide bonds. The first-order chi connectivity index (χ1) is 27.3. The first-order valence-electron chi connectivity index (χ1n) is 17.3. The summed E-state index contributed by atoms with van der Waals surface area (Å²) in [6.45, 7) is -0.161. The van der Waals surface area contributed by atoms with Crippen molar-refractivity contribution in [2.45, 2.75) is 13.2 Å². The third-order valence-corrected chi connectivity index (χ3v) is 11.4. The van der Waals surface area contributed by atoms with Crippen molar-refractivity contribution in [1.82, 2.24) is 9.97 Å². The van der Waals surface area contributed by atoms with E-state index < -0.39 is 35.1 Å². The second kappa shape index (κ2) is 14.0. The van der Waals surface area contributed by atoms with Crippen molar-refractivity contribution in [2.75, 3.05) is 0 Å². The fourth-order valence-electron chi connectivity index (χ4n) is 6.71. The Morgan fingerprint density at radius 1 is 0.482 bits per heavy atom. The molecule has 2 aliphatic carbocycles. The van der Waals surface area contributed by atoms with Crippen molar-refractivity contribution in [3.63, 3.8) is 0 Å². The number of esters is 2. The van der Waals surface area contributed by atoms with Gasteiger partial charge in [-0.1, -0.05) is 109 Å². The molecule has 7 aromatic rings. The van der Waals surface area contributed by atoms with E-state index in [1.165, 1.54) is 12.2 Å². The van der Waals surface area contributed by atoms with Crippen LogP contribution in [-0.2, 0) is 22.7 Å². The summed E-state index contributed by atoms with van der Waals surface area (Å²) in [5.74, 6) is -3.41. The first kappa shape index (κ1) is 34.7. The molecule has 0 radical (unpaired) electrons. The molecule has 10 nitrogen and oxygen atoms in total. The minimum Gasteiger partial charge on any atom is -0.457 e. The number of allylic oxidation sites excluding steroid dienone is 2. The molecule has 0 saturated carbocycles. The Labute approximate surface area is 325 Å². The topological polar surface area (TPSA) is 147 Å². The lowest BCUT2D eigenvalue weighted by Crippen LogP contribution is -2.10. The molecule has 0 bridgehead atoms. The molecule has 5 aromatic carbocycles. The number of rotatable bonds is 8. The van der Waals surface area contributed by atoms with E-state index in [4.69, 9.17) is 19.4 Å². The smallest absolute Gasteiger partial charge is 0.342 e. The van der Waals surface area contributed by atoms with Crippen LogP contribution in [0, 0.1) is 0 Å². The van der Waals surface area contributed by atoms with Gasteiger partial charge in [-0.2, -0.15) is 0 Å². The Morgan fingerprint density at radius 2 is 0.804 bits per heavy atom. The molecule has 0 N–H and O–H groups in total. The molecule has 2 heterocycles. The Bertz CT molecular complexity index is 2600. The van der Waals surface area contributed by atoms with Gasteiger partial charge < -0.3 is 9.47 Å². The summed E-state index contributed by atoms with van der Waals surface area (Å²) < 4.78 is 12.0. The van der Waals surface area contributed by atoms with Crippen molar-refractivity contribution < 1.29 is 38.2 Å². The third-order valence-electron chi connectivity index (χ3n) is 9.40. The highest BCUT2D eigenvalue weighted by atomic mass is 32.1. The molecule has 2 aliphatic rings. The van der Waals surface area contributed by atoms with Gasteiger partial charge >= 0.3 is 11.9 Å². The van der Waals surface area contributed by atoms with Crippen LogP contribution in [0.4, 0.5) is 0 Å². The summed E-state index contributed by atoms with van der Waals surface area (Å²) >= 11 is 1.96. The maximum atomic E-state index is 14.2. The summed E-state index contributed by atoms with van der Waals surface area (Å²) in [6.07, 6.45) is 2.72. The van der Waals surface area contributed by atoms with Gasteiger partial charge in [-0.15, -0.1) is 22.7 Å². The fourth-order valence-corrected chi connectivity index (χ4v) is 8.81. The number of fused-ring (bicyclic) bond motifs is 4. The van der Waals surface area contributed by atoms with E-state index in [-0.39, 0.29) is 88.2 Å². The van der Waals surface area contributed by atoms with E-state index in [2.05, 4.69) is 0 Å². The fraction of sp³-hybridized carbons (Fsp3) is 0.0455. The number of ether oxygens (including phenoxy) is 2. The number of hydrogen-bond donors (Lipinski definition) is 0. The van der Waals surface area contributed by atoms with E-state index in [0.29, 0.717) is 0 Å². The van der Waals surface area contributed by atoms with Gasteiger partial charge in [0.25, 0.3) is 0 Å². The van der Waals surface area contributed by atoms with Gasteiger partial charge in [-0.05, 0) is 23.3 Å². The molecule has 0 aliphatic heterocycles. The molecule has 12 heteroatoms. The molecule has 270 valence electrons. The second-order valence-corrected chi connectivity index (χ2v) is 14.9. The summed E-state index contributed by atoms with van der Waals surface area (Å²) in [6, 6.07) is 31.1. The normalized spacial score (nSPS) is 13.4. The van der Waals surface area contributed by atoms with Crippen LogP contribution >= 0.6 is 22.7 Å². The summed E-state index contributed by atoms with van der Waals surface area (Å²) in [5, 5.41) is 0.359. The number of nitrogens with zero attached hydrogens (tertiary/aromatic N) is 2. The molecule has 56 heavy (non-hydrogen) atoms. The van der Waals surface area contributed by atoms with Crippen LogP contribution in [-0.4, -0.2) is 45.0 Å². The van der Waals surface area contributed by atoms with Gasteiger partial charge in [0, 0.05) is 22.3 Å². The maximum Gasteiger partial charge on any atom is 0.342 e. The highest BCUT2D eigenvalue weighted by Crippen LogP contribution is 2.42. The van der Waals surface area contributed by atoms with Crippen LogP contribution in [0.15, 0.2) is 120 Å². The lowest BCUT2D eigenvalue weighted by atomic mass is 10.1. The highest BCUT2D eigenvalue weighted by molar-refractivity contribution is 7.21. The van der Waals surface area contributed by atoms with Crippen LogP contribution in [0.3, 0.4) is 0 Å². The van der Waals surface area contributed by atoms with Crippen molar-refractivity contribution in [1.29, 1.82) is 0 Å². The number of benzene rings is 5. The van der Waals surface area contributed by atoms with Crippen LogP contribution in [0.2, 0.25) is 0 Å². The zero-order chi connectivity index (χ0) is 38.5. The molecule has 0 spiro atoms. The van der Waals surface area contributed by atoms with Crippen LogP contribution in [0.25, 0.3) is 32.6 Å². The molecule has 0 fully saturated rings. The van der Waals surface area contributed by atoms with Gasteiger partial charge in [-0.3, -0.25) is 19.2 Å². The number of ketones is 4. The SMILES string of the molecule is O=C1C(=Cc2nc3c(C(=O)OCc4ccccc4)c4sc(C=C5C(=O)c6ccccc6C5=O)nc4c(C(=O)OCc4ccccc4)c3s2)C(=O)c2ccccc21. The van der Waals surface area contributed by atoms with Gasteiger partial charge in [-0.25, -0.2) is 19.6 Å². The van der Waals surface area contributed by atoms with Gasteiger partial charge in [0.1, 0.15) is 34.4 Å². The van der Waals surface area contributed by atoms with Crippen molar-refractivity contribution >= 4 is 90.3 Å². The Hall–Kier alpha value is -7.02. The van der Waals surface area contributed by atoms with Crippen LogP contribution in [0.1, 0.15) is 83.3 Å². The minimum absolute atomic E-state index is 0.0201. The zero-order valence-electron chi connectivity index (χ0n) is 28.9. The Balaban J connectivity index is 1.23. The second-order valence-electron chi connectivity index (χ2n) is 12.9. The van der Waals surface area contributed by atoms with E-state index in [1.54, 1.807) is 72.8 Å². The van der Waals surface area contributed by atoms with E-state index in [0.717, 1.165) is 33.8 Å². The molecule has 0 atom stereocenters. The van der Waals surface area contributed by atoms with Gasteiger partial charge in [0.05, 0.1) is 31.6 Å². The summed E-state index contributed by atoms with van der Waals surface area (Å²) in [4.78, 5) is 91.3. The Kier molecular flexibility index (Phi) is 8.68. The quantitative estimate of drug-likeness (QED) is 0.0836. The molecular weight excluding hydrogens is 749 g/mol. The lowest BCUT2D eigenvalue weighted by molar-refractivity contribution is 0.0465. The molecule has 0 unspecified atom stereocenters. The van der Waals surface area contributed by atoms with E-state index in [9.17, 15) is 28.8 Å². The van der Waals surface area contributed by atoms with Crippen LogP contribution < -0.4 is 0 Å². The van der Waals surface area contributed by atoms with Gasteiger partial charge in [0.15, 0.2) is 23.1 Å². The van der Waals surface area contributed by atoms with E-state index in [1.807, 2.05) is 36.4 Å². The molecule has 0 saturated heterocycles. The predicted octanol–water partition coefficient (Wildman–Crippen LogP) is 8.55. The minimum atomic E-state index is -0.777. The summed E-state index contributed by atoms with van der Waals surface area (Å²) in [7, 11) is 0. The highest BCUT2D eigenvalue weighted by Gasteiger charge is 2.36. The van der Waals surface area contributed by atoms with E-state index >= 15 is 0 Å². The third kappa shape index (κ3) is 5.97. The number of carbonyl (C=O) groups is 6. The average Bonchev–Trinajstić information content (AvgIpc) is 3.96. The van der Waals surface area contributed by atoms with Crippen LogP contribution in [0.5, 0.6) is 0 Å². The van der Waals surface area contributed by atoms with Gasteiger partial charge in [0.2, 0.25) is 0 Å². The number of thiazole rings is 2. The number of carbonyl (C=O) groups excluding carboxylic acids is 6. The molecule has 9 rings (SSSR count). The predicted molar refractivity (Wildman–Crippen MR) is 210 cm³/mol. The molecular formula is C44H24N2O8S2. The number of hydrogen-bond acceptors (Lipinski definition) is 12. The maximum absolute atomic E-state index is 14.2. The first-order valence-corrected chi connectivity index (χ1v) is 18.9. The average molecular weight is 773 g/mol. The molecule has 2 aromatic heterocycles. The van der Waals surface area contributed by atoms with Crippen molar-refractivity contribution in [2.24, 2.45) is 0 Å². The largest absolute Gasteiger partial charge is 0.457 e. The number of aromatic nitrogens is 2. The lowest BCUT2D eigenvalue weighted by Gasteiger charge is -2.10.